The number of hydrogen-bond acceptors (Lipinski definition) is 2. The molecule has 2 fully saturated rings. The third kappa shape index (κ3) is 3.38. The fraction of sp³-hybridized carbons (Fsp3) is 0.474. The average molecular weight is 342 g/mol. The zero-order valence-corrected chi connectivity index (χ0v) is 14.4. The van der Waals surface area contributed by atoms with Gasteiger partial charge in [-0.05, 0) is 49.8 Å². The second-order valence-corrected chi connectivity index (χ2v) is 7.04. The summed E-state index contributed by atoms with van der Waals surface area (Å²) < 4.78 is 15.3. The highest BCUT2D eigenvalue weighted by Gasteiger charge is 2.30. The van der Waals surface area contributed by atoms with Crippen LogP contribution in [0.5, 0.6) is 0 Å². The van der Waals surface area contributed by atoms with Gasteiger partial charge in [-0.25, -0.2) is 9.18 Å². The summed E-state index contributed by atoms with van der Waals surface area (Å²) in [5.74, 6) is 1.01. The first-order valence-corrected chi connectivity index (χ1v) is 8.99. The maximum Gasteiger partial charge on any atom is 0.323 e. The first-order valence-electron chi connectivity index (χ1n) is 8.99. The molecule has 1 aromatic heterocycles. The Morgan fingerprint density at radius 2 is 2.08 bits per heavy atom. The number of piperidine rings is 1. The lowest BCUT2D eigenvalue weighted by molar-refractivity contribution is 0.163. The molecule has 1 saturated carbocycles. The van der Waals surface area contributed by atoms with Crippen molar-refractivity contribution in [1.82, 2.24) is 14.7 Å². The Bertz CT molecular complexity index is 783. The first-order chi connectivity index (χ1) is 12.1. The minimum atomic E-state index is -0.260. The number of carbonyl (C=O) groups excluding carboxylic acids is 1. The number of urea groups is 1. The van der Waals surface area contributed by atoms with E-state index in [9.17, 15) is 9.18 Å². The third-order valence-electron chi connectivity index (χ3n) is 5.13. The van der Waals surface area contributed by atoms with E-state index in [0.29, 0.717) is 12.5 Å². The molecule has 1 N–H and O–H groups in total. The Labute approximate surface area is 146 Å². The van der Waals surface area contributed by atoms with Crippen LogP contribution in [0.3, 0.4) is 0 Å². The number of aromatic nitrogens is 2. The van der Waals surface area contributed by atoms with Gasteiger partial charge < -0.3 is 4.90 Å². The van der Waals surface area contributed by atoms with Crippen LogP contribution in [0, 0.1) is 5.82 Å². The van der Waals surface area contributed by atoms with E-state index >= 15 is 0 Å². The molecule has 0 bridgehead atoms. The molecule has 25 heavy (non-hydrogen) atoms. The van der Waals surface area contributed by atoms with Crippen molar-refractivity contribution >= 4 is 11.8 Å². The minimum Gasteiger partial charge on any atom is -0.317 e. The van der Waals surface area contributed by atoms with Crippen molar-refractivity contribution < 1.29 is 9.18 Å². The molecule has 1 unspecified atom stereocenters. The minimum absolute atomic E-state index is 0.0828. The van der Waals surface area contributed by atoms with E-state index in [1.165, 1.54) is 25.0 Å². The number of benzene rings is 1. The van der Waals surface area contributed by atoms with Gasteiger partial charge in [0, 0.05) is 25.6 Å². The Morgan fingerprint density at radius 1 is 1.24 bits per heavy atom. The molecule has 2 aliphatic rings. The van der Waals surface area contributed by atoms with Gasteiger partial charge in [-0.2, -0.15) is 5.10 Å². The maximum atomic E-state index is 13.6. The van der Waals surface area contributed by atoms with Crippen LogP contribution in [0.15, 0.2) is 30.3 Å². The lowest BCUT2D eigenvalue weighted by Crippen LogP contribution is -2.41. The highest BCUT2D eigenvalue weighted by Crippen LogP contribution is 2.40. The number of carbonyl (C=O) groups is 1. The summed E-state index contributed by atoms with van der Waals surface area (Å²) in [6, 6.07) is 8.32. The second-order valence-electron chi connectivity index (χ2n) is 7.04. The fourth-order valence-corrected chi connectivity index (χ4v) is 3.60. The largest absolute Gasteiger partial charge is 0.323 e. The van der Waals surface area contributed by atoms with Crippen molar-refractivity contribution in [1.29, 1.82) is 0 Å². The summed E-state index contributed by atoms with van der Waals surface area (Å²) >= 11 is 0. The summed E-state index contributed by atoms with van der Waals surface area (Å²) in [5, 5.41) is 7.48. The number of anilines is 1. The van der Waals surface area contributed by atoms with Gasteiger partial charge in [-0.1, -0.05) is 12.1 Å². The Balaban J connectivity index is 1.52. The highest BCUT2D eigenvalue weighted by molar-refractivity contribution is 5.89. The molecule has 4 rings (SSSR count). The van der Waals surface area contributed by atoms with Crippen LogP contribution in [0.2, 0.25) is 0 Å². The van der Waals surface area contributed by atoms with Gasteiger partial charge in [-0.15, -0.1) is 0 Å². The van der Waals surface area contributed by atoms with Gasteiger partial charge in [0.2, 0.25) is 0 Å². The van der Waals surface area contributed by atoms with Gasteiger partial charge in [-0.3, -0.25) is 10.00 Å². The molecule has 1 aliphatic carbocycles. The molecule has 0 radical (unpaired) electrons. The van der Waals surface area contributed by atoms with E-state index in [0.717, 1.165) is 36.3 Å². The van der Waals surface area contributed by atoms with Crippen molar-refractivity contribution in [2.75, 3.05) is 11.9 Å². The number of rotatable bonds is 3. The van der Waals surface area contributed by atoms with E-state index < -0.39 is 0 Å². The molecule has 5 nitrogen and oxygen atoms in total. The molecule has 2 heterocycles. The Kier molecular flexibility index (Phi) is 4.19. The zero-order chi connectivity index (χ0) is 17.4. The van der Waals surface area contributed by atoms with Crippen LogP contribution in [0.4, 0.5) is 15.0 Å². The molecular weight excluding hydrogens is 319 g/mol. The summed E-state index contributed by atoms with van der Waals surface area (Å²) in [4.78, 5) is 14.7. The number of nitrogens with one attached hydrogen (secondary N) is 1. The van der Waals surface area contributed by atoms with Crippen LogP contribution in [0.1, 0.15) is 55.3 Å². The molecule has 0 spiro atoms. The standard InChI is InChI=1S/C19H23FN4O/c1-23-18(12-16(22-23)13-8-9-13)21-19(25)24-10-3-2-7-17(24)14-5-4-6-15(20)11-14/h4-6,11-13,17H,2-3,7-10H2,1H3,(H,21,25). The van der Waals surface area contributed by atoms with Crippen LogP contribution in [-0.4, -0.2) is 27.3 Å². The molecule has 1 atom stereocenters. The molecule has 1 aliphatic heterocycles. The topological polar surface area (TPSA) is 50.2 Å². The quantitative estimate of drug-likeness (QED) is 0.909. The predicted molar refractivity (Wildman–Crippen MR) is 93.9 cm³/mol. The number of amides is 2. The normalized spacial score (nSPS) is 20.6. The monoisotopic (exact) mass is 342 g/mol. The van der Waals surface area contributed by atoms with Crippen LogP contribution >= 0.6 is 0 Å². The van der Waals surface area contributed by atoms with Crippen molar-refractivity contribution in [3.63, 3.8) is 0 Å². The smallest absolute Gasteiger partial charge is 0.317 e. The number of nitrogens with zero attached hydrogens (tertiary/aromatic N) is 3. The molecule has 1 aromatic carbocycles. The fourth-order valence-electron chi connectivity index (χ4n) is 3.60. The van der Waals surface area contributed by atoms with Crippen LogP contribution in [-0.2, 0) is 7.05 Å². The zero-order valence-electron chi connectivity index (χ0n) is 14.4. The van der Waals surface area contributed by atoms with Crippen LogP contribution < -0.4 is 5.32 Å². The Hall–Kier alpha value is -2.37. The van der Waals surface area contributed by atoms with Crippen molar-refractivity contribution in [3.8, 4) is 0 Å². The summed E-state index contributed by atoms with van der Waals surface area (Å²) in [6.45, 7) is 0.681. The lowest BCUT2D eigenvalue weighted by Gasteiger charge is -2.36. The lowest BCUT2D eigenvalue weighted by atomic mass is 9.95. The SMILES string of the molecule is Cn1nc(C2CC2)cc1NC(=O)N1CCCCC1c1cccc(F)c1. The first kappa shape index (κ1) is 16.1. The molecular formula is C19H23FN4O. The third-order valence-corrected chi connectivity index (χ3v) is 5.13. The van der Waals surface area contributed by atoms with Gasteiger partial charge >= 0.3 is 6.03 Å². The van der Waals surface area contributed by atoms with E-state index in [1.807, 2.05) is 24.1 Å². The van der Waals surface area contributed by atoms with Crippen molar-refractivity contribution in [2.24, 2.45) is 7.05 Å². The predicted octanol–water partition coefficient (Wildman–Crippen LogP) is 4.20. The van der Waals surface area contributed by atoms with E-state index in [4.69, 9.17) is 0 Å². The number of hydrogen-bond donors (Lipinski definition) is 1. The molecule has 1 saturated heterocycles. The molecule has 6 heteroatoms. The van der Waals surface area contributed by atoms with Gasteiger partial charge in [0.15, 0.2) is 0 Å². The van der Waals surface area contributed by atoms with Crippen molar-refractivity contribution in [2.45, 2.75) is 44.1 Å². The number of aryl methyl sites for hydroxylation is 1. The van der Waals surface area contributed by atoms with E-state index in [1.54, 1.807) is 10.7 Å². The molecule has 2 amide bonds. The Morgan fingerprint density at radius 3 is 2.84 bits per heavy atom. The van der Waals surface area contributed by atoms with Crippen LogP contribution in [0.25, 0.3) is 0 Å². The second kappa shape index (κ2) is 6.50. The number of halogens is 1. The maximum absolute atomic E-state index is 13.6. The summed E-state index contributed by atoms with van der Waals surface area (Å²) in [5.41, 5.74) is 1.91. The summed E-state index contributed by atoms with van der Waals surface area (Å²) in [7, 11) is 1.85. The van der Waals surface area contributed by atoms with Gasteiger partial charge in [0.25, 0.3) is 0 Å². The van der Waals surface area contributed by atoms with Gasteiger partial charge in [0.1, 0.15) is 11.6 Å². The van der Waals surface area contributed by atoms with E-state index in [-0.39, 0.29) is 17.9 Å². The molecule has 132 valence electrons. The number of likely N-dealkylation sites (tertiary alicyclic amines) is 1. The highest BCUT2D eigenvalue weighted by atomic mass is 19.1. The summed E-state index contributed by atoms with van der Waals surface area (Å²) in [6.07, 6.45) is 5.23. The van der Waals surface area contributed by atoms with E-state index in [2.05, 4.69) is 10.4 Å². The van der Waals surface area contributed by atoms with Gasteiger partial charge in [0.05, 0.1) is 11.7 Å². The average Bonchev–Trinajstić information content (AvgIpc) is 3.40. The molecule has 2 aromatic rings. The van der Waals surface area contributed by atoms with Crippen molar-refractivity contribution in [3.05, 3.63) is 47.4 Å².